The Morgan fingerprint density at radius 3 is 2.03 bits per heavy atom. The van der Waals surface area contributed by atoms with Gasteiger partial charge in [0.05, 0.1) is 4.92 Å². The molecule has 10 heteroatoms. The molecule has 2 aromatic carbocycles. The Bertz CT molecular complexity index is 935. The van der Waals surface area contributed by atoms with Crippen LogP contribution in [-0.2, 0) is 6.42 Å². The van der Waals surface area contributed by atoms with Gasteiger partial charge >= 0.3 is 0 Å². The van der Waals surface area contributed by atoms with Crippen LogP contribution in [-0.4, -0.2) is 77.0 Å². The number of hydrogen-bond acceptors (Lipinski definition) is 9. The van der Waals surface area contributed by atoms with Crippen molar-refractivity contribution in [3.05, 3.63) is 75.8 Å². The molecule has 1 aliphatic carbocycles. The molecule has 0 unspecified atom stereocenters. The first-order valence-corrected chi connectivity index (χ1v) is 9.03. The molecule has 3 rings (SSSR count). The fourth-order valence-corrected chi connectivity index (χ4v) is 3.78. The lowest BCUT2D eigenvalue weighted by Gasteiger charge is -2.52. The molecular formula is C20H21NO9. The van der Waals surface area contributed by atoms with Gasteiger partial charge in [-0.1, -0.05) is 30.3 Å². The Morgan fingerprint density at radius 1 is 0.933 bits per heavy atom. The van der Waals surface area contributed by atoms with Crippen LogP contribution in [0.3, 0.4) is 0 Å². The number of ketones is 1. The molecular weight excluding hydrogens is 398 g/mol. The summed E-state index contributed by atoms with van der Waals surface area (Å²) in [6, 6.07) is 12.0. The average Bonchev–Trinajstić information content (AvgIpc) is 2.75. The van der Waals surface area contributed by atoms with Crippen molar-refractivity contribution in [1.82, 2.24) is 0 Å². The molecule has 0 aliphatic heterocycles. The number of benzene rings is 2. The van der Waals surface area contributed by atoms with Crippen LogP contribution in [0.1, 0.15) is 15.9 Å². The van der Waals surface area contributed by atoms with E-state index in [1.807, 2.05) is 0 Å². The summed E-state index contributed by atoms with van der Waals surface area (Å²) in [7, 11) is 0. The topological polar surface area (TPSA) is 182 Å². The van der Waals surface area contributed by atoms with Crippen molar-refractivity contribution in [1.29, 1.82) is 0 Å². The Morgan fingerprint density at radius 2 is 1.50 bits per heavy atom. The summed E-state index contributed by atoms with van der Waals surface area (Å²) in [5.74, 6) is -1.28. The van der Waals surface area contributed by atoms with Gasteiger partial charge in [0, 0.05) is 24.1 Å². The standard InChI is InChI=1S/C20H21NO9/c22-14-16(24)19(27,10-11-4-2-1-3-5-11)18(26)20(28,17(14)25)15(23)12-6-8-13(9-7-12)21(29)30/h1-9,14,16-18,22,24-28H,10H2/t14-,16-,17+,18-,19+,20+/m1/s1. The fourth-order valence-electron chi connectivity index (χ4n) is 3.78. The Balaban J connectivity index is 2.02. The largest absolute Gasteiger partial charge is 0.387 e. The minimum absolute atomic E-state index is 0.313. The molecule has 6 N–H and O–H groups in total. The molecule has 10 nitrogen and oxygen atoms in total. The van der Waals surface area contributed by atoms with E-state index in [-0.39, 0.29) is 11.3 Å². The maximum absolute atomic E-state index is 13.0. The highest BCUT2D eigenvalue weighted by Crippen LogP contribution is 2.40. The third kappa shape index (κ3) is 3.39. The van der Waals surface area contributed by atoms with E-state index in [0.717, 1.165) is 24.3 Å². The normalized spacial score (nSPS) is 33.8. The third-order valence-corrected chi connectivity index (χ3v) is 5.53. The van der Waals surface area contributed by atoms with Crippen LogP contribution in [0, 0.1) is 10.1 Å². The molecule has 1 aliphatic rings. The van der Waals surface area contributed by atoms with E-state index < -0.39 is 52.7 Å². The highest BCUT2D eigenvalue weighted by molar-refractivity contribution is 6.03. The van der Waals surface area contributed by atoms with Crippen molar-refractivity contribution in [2.24, 2.45) is 0 Å². The zero-order valence-electron chi connectivity index (χ0n) is 15.6. The van der Waals surface area contributed by atoms with Crippen LogP contribution in [0.5, 0.6) is 0 Å². The molecule has 6 atom stereocenters. The summed E-state index contributed by atoms with van der Waals surface area (Å²) in [4.78, 5) is 23.1. The van der Waals surface area contributed by atoms with E-state index in [4.69, 9.17) is 0 Å². The number of rotatable bonds is 5. The van der Waals surface area contributed by atoms with E-state index >= 15 is 0 Å². The molecule has 2 aromatic rings. The number of Topliss-reactive ketones (excluding diaryl/α,β-unsaturated/α-hetero) is 1. The maximum Gasteiger partial charge on any atom is 0.269 e. The van der Waals surface area contributed by atoms with Crippen molar-refractivity contribution in [2.75, 3.05) is 0 Å². The predicted molar refractivity (Wildman–Crippen MR) is 101 cm³/mol. The van der Waals surface area contributed by atoms with E-state index in [2.05, 4.69) is 0 Å². The number of non-ortho nitro benzene ring substituents is 1. The summed E-state index contributed by atoms with van der Waals surface area (Å²) in [6.45, 7) is 0. The van der Waals surface area contributed by atoms with Gasteiger partial charge in [0.1, 0.15) is 30.0 Å². The van der Waals surface area contributed by atoms with Gasteiger partial charge in [-0.15, -0.1) is 0 Å². The molecule has 0 amide bonds. The first-order valence-electron chi connectivity index (χ1n) is 9.03. The second-order valence-electron chi connectivity index (χ2n) is 7.39. The van der Waals surface area contributed by atoms with Crippen LogP contribution < -0.4 is 0 Å². The van der Waals surface area contributed by atoms with E-state index in [0.29, 0.717) is 5.56 Å². The minimum Gasteiger partial charge on any atom is -0.387 e. The molecule has 0 saturated heterocycles. The molecule has 0 heterocycles. The molecule has 0 bridgehead atoms. The van der Waals surface area contributed by atoms with Gasteiger partial charge in [-0.05, 0) is 17.7 Å². The molecule has 0 spiro atoms. The predicted octanol–water partition coefficient (Wildman–Crippen LogP) is -1.06. The fraction of sp³-hybridized carbons (Fsp3) is 0.350. The molecule has 1 fully saturated rings. The van der Waals surface area contributed by atoms with Gasteiger partial charge in [-0.2, -0.15) is 0 Å². The minimum atomic E-state index is -3.10. The summed E-state index contributed by atoms with van der Waals surface area (Å²) < 4.78 is 0. The van der Waals surface area contributed by atoms with Crippen LogP contribution in [0.2, 0.25) is 0 Å². The number of hydrogen-bond donors (Lipinski definition) is 6. The van der Waals surface area contributed by atoms with Crippen LogP contribution in [0.25, 0.3) is 0 Å². The zero-order chi connectivity index (χ0) is 22.3. The quantitative estimate of drug-likeness (QED) is 0.200. The van der Waals surface area contributed by atoms with Crippen molar-refractivity contribution >= 4 is 11.5 Å². The van der Waals surface area contributed by atoms with Gasteiger partial charge < -0.3 is 30.6 Å². The first-order chi connectivity index (χ1) is 14.0. The lowest BCUT2D eigenvalue weighted by atomic mass is 9.63. The number of nitrogens with zero attached hydrogens (tertiary/aromatic N) is 1. The van der Waals surface area contributed by atoms with Gasteiger partial charge in [0.25, 0.3) is 5.69 Å². The molecule has 160 valence electrons. The highest BCUT2D eigenvalue weighted by Gasteiger charge is 2.67. The first kappa shape index (κ1) is 22.0. The van der Waals surface area contributed by atoms with Crippen molar-refractivity contribution in [2.45, 2.75) is 42.0 Å². The summed E-state index contributed by atoms with van der Waals surface area (Å²) in [5, 5.41) is 74.6. The number of aliphatic hydroxyl groups is 6. The Kier molecular flexibility index (Phi) is 5.74. The van der Waals surface area contributed by atoms with Gasteiger partial charge in [0.15, 0.2) is 11.4 Å². The molecule has 0 aromatic heterocycles. The second kappa shape index (κ2) is 7.84. The van der Waals surface area contributed by atoms with Crippen LogP contribution >= 0.6 is 0 Å². The number of carbonyl (C=O) groups is 1. The third-order valence-electron chi connectivity index (χ3n) is 5.53. The van der Waals surface area contributed by atoms with Gasteiger partial charge in [0.2, 0.25) is 0 Å². The molecule has 0 radical (unpaired) electrons. The average molecular weight is 419 g/mol. The SMILES string of the molecule is O=C(c1ccc([N+](=O)[O-])cc1)[C@@]1(O)[C@H](O)[C@](O)(Cc2ccccc2)[C@H](O)[C@@H](O)[C@@H]1O. The van der Waals surface area contributed by atoms with Crippen LogP contribution in [0.15, 0.2) is 54.6 Å². The lowest BCUT2D eigenvalue weighted by molar-refractivity contribution is -0.384. The molecule has 30 heavy (non-hydrogen) atoms. The monoisotopic (exact) mass is 419 g/mol. The van der Waals surface area contributed by atoms with Crippen LogP contribution in [0.4, 0.5) is 5.69 Å². The number of carbonyl (C=O) groups excluding carboxylic acids is 1. The van der Waals surface area contributed by atoms with E-state index in [1.54, 1.807) is 30.3 Å². The number of nitro benzene ring substituents is 1. The molecule has 1 saturated carbocycles. The Hall–Kier alpha value is -2.73. The maximum atomic E-state index is 13.0. The van der Waals surface area contributed by atoms with Crippen molar-refractivity contribution < 1.29 is 40.4 Å². The highest BCUT2D eigenvalue weighted by atomic mass is 16.6. The van der Waals surface area contributed by atoms with Crippen molar-refractivity contribution in [3.63, 3.8) is 0 Å². The summed E-state index contributed by atoms with van der Waals surface area (Å²) in [5.41, 5.74) is -5.92. The smallest absolute Gasteiger partial charge is 0.269 e. The number of aliphatic hydroxyl groups excluding tert-OH is 4. The zero-order valence-corrected chi connectivity index (χ0v) is 15.6. The number of nitro groups is 1. The van der Waals surface area contributed by atoms with E-state index in [9.17, 15) is 45.5 Å². The van der Waals surface area contributed by atoms with Gasteiger partial charge in [-0.3, -0.25) is 14.9 Å². The summed E-state index contributed by atoms with van der Waals surface area (Å²) >= 11 is 0. The Labute approximate surface area is 170 Å². The lowest BCUT2D eigenvalue weighted by Crippen LogP contribution is -2.79. The van der Waals surface area contributed by atoms with Crippen molar-refractivity contribution in [3.8, 4) is 0 Å². The van der Waals surface area contributed by atoms with E-state index in [1.165, 1.54) is 0 Å². The van der Waals surface area contributed by atoms with Gasteiger partial charge in [-0.25, -0.2) is 0 Å². The second-order valence-corrected chi connectivity index (χ2v) is 7.39. The summed E-state index contributed by atoms with van der Waals surface area (Å²) in [6.07, 6.45) is -9.46.